The van der Waals surface area contributed by atoms with Gasteiger partial charge in [0, 0.05) is 13.3 Å². The Hall–Kier alpha value is -2.16. The van der Waals surface area contributed by atoms with Crippen molar-refractivity contribution in [2.24, 2.45) is 0 Å². The average Bonchev–Trinajstić information content (AvgIpc) is 3.23. The van der Waals surface area contributed by atoms with E-state index in [1.807, 2.05) is 30.3 Å². The Morgan fingerprint density at radius 1 is 1.37 bits per heavy atom. The number of aromatic hydroxyl groups is 1. The molecule has 30 heavy (non-hydrogen) atoms. The van der Waals surface area contributed by atoms with E-state index < -0.39 is 0 Å². The van der Waals surface area contributed by atoms with E-state index in [0.29, 0.717) is 19.0 Å². The van der Waals surface area contributed by atoms with Gasteiger partial charge in [-0.25, -0.2) is 0 Å². The second-order valence-electron chi connectivity index (χ2n) is 6.99. The van der Waals surface area contributed by atoms with Crippen LogP contribution in [0.15, 0.2) is 60.3 Å². The first kappa shape index (κ1) is 22.5. The molecule has 2 aromatic rings. The smallest absolute Gasteiger partial charge is 0.171 e. The van der Waals surface area contributed by atoms with Crippen LogP contribution in [0.5, 0.6) is 11.5 Å². The van der Waals surface area contributed by atoms with Crippen LogP contribution in [-0.4, -0.2) is 43.6 Å². The molecule has 1 N–H and O–H groups in total. The van der Waals surface area contributed by atoms with Gasteiger partial charge >= 0.3 is 0 Å². The number of aromatic nitrogens is 1. The van der Waals surface area contributed by atoms with Crippen LogP contribution in [-0.2, 0) is 9.47 Å². The molecule has 0 fully saturated rings. The SMILES string of the molecule is C=C(COC)C1=CCOC1CC/C(=C/c1cc(I)c(O)c(OC)c1)c1ccccn1. The Kier molecular flexibility index (Phi) is 8.07. The molecule has 1 aliphatic heterocycles. The topological polar surface area (TPSA) is 60.8 Å². The molecule has 1 unspecified atom stereocenters. The van der Waals surface area contributed by atoms with Crippen molar-refractivity contribution in [3.8, 4) is 11.5 Å². The number of hydrogen-bond acceptors (Lipinski definition) is 5. The molecule has 1 aliphatic rings. The Labute approximate surface area is 191 Å². The highest BCUT2D eigenvalue weighted by Crippen LogP contribution is 2.35. The van der Waals surface area contributed by atoms with Crippen LogP contribution >= 0.6 is 22.6 Å². The summed E-state index contributed by atoms with van der Waals surface area (Å²) in [5, 5.41) is 10.1. The summed E-state index contributed by atoms with van der Waals surface area (Å²) in [6.45, 7) is 5.22. The number of pyridine rings is 1. The molecule has 158 valence electrons. The highest BCUT2D eigenvalue weighted by Gasteiger charge is 2.22. The van der Waals surface area contributed by atoms with Crippen molar-refractivity contribution in [1.29, 1.82) is 0 Å². The van der Waals surface area contributed by atoms with Crippen molar-refractivity contribution in [1.82, 2.24) is 4.98 Å². The van der Waals surface area contributed by atoms with Crippen LogP contribution in [0, 0.1) is 3.57 Å². The molecule has 0 amide bonds. The first-order valence-electron chi connectivity index (χ1n) is 9.70. The van der Waals surface area contributed by atoms with E-state index >= 15 is 0 Å². The lowest BCUT2D eigenvalue weighted by molar-refractivity contribution is 0.116. The van der Waals surface area contributed by atoms with Crippen LogP contribution in [0.4, 0.5) is 0 Å². The molecule has 0 radical (unpaired) electrons. The average molecular weight is 519 g/mol. The van der Waals surface area contributed by atoms with Crippen LogP contribution in [0.1, 0.15) is 24.1 Å². The number of nitrogens with zero attached hydrogens (tertiary/aromatic N) is 1. The number of phenols is 1. The number of hydrogen-bond donors (Lipinski definition) is 1. The Morgan fingerprint density at radius 2 is 2.20 bits per heavy atom. The zero-order chi connectivity index (χ0) is 21.5. The highest BCUT2D eigenvalue weighted by atomic mass is 127. The number of methoxy groups -OCH3 is 2. The summed E-state index contributed by atoms with van der Waals surface area (Å²) in [4.78, 5) is 4.54. The molecule has 0 aliphatic carbocycles. The number of benzene rings is 1. The Morgan fingerprint density at radius 3 is 2.90 bits per heavy atom. The number of allylic oxidation sites excluding steroid dienone is 1. The molecule has 0 saturated carbocycles. The fourth-order valence-corrected chi connectivity index (χ4v) is 4.12. The van der Waals surface area contributed by atoms with E-state index in [1.54, 1.807) is 20.4 Å². The zero-order valence-corrected chi connectivity index (χ0v) is 19.4. The number of rotatable bonds is 9. The number of ether oxygens (including phenoxy) is 3. The Balaban J connectivity index is 1.86. The number of phenolic OH excluding ortho intramolecular Hbond substituents is 1. The largest absolute Gasteiger partial charge is 0.504 e. The predicted octanol–water partition coefficient (Wildman–Crippen LogP) is 5.25. The van der Waals surface area contributed by atoms with Gasteiger partial charge in [0.05, 0.1) is 35.7 Å². The second kappa shape index (κ2) is 10.7. The van der Waals surface area contributed by atoms with Crippen LogP contribution in [0.25, 0.3) is 11.6 Å². The highest BCUT2D eigenvalue weighted by molar-refractivity contribution is 14.1. The van der Waals surface area contributed by atoms with Gasteiger partial charge in [-0.3, -0.25) is 4.98 Å². The lowest BCUT2D eigenvalue weighted by atomic mass is 9.95. The minimum atomic E-state index is -0.00532. The molecule has 1 aromatic heterocycles. The summed E-state index contributed by atoms with van der Waals surface area (Å²) in [5.74, 6) is 0.606. The van der Waals surface area contributed by atoms with Crippen LogP contribution < -0.4 is 4.74 Å². The molecule has 5 nitrogen and oxygen atoms in total. The van der Waals surface area contributed by atoms with Gasteiger partial charge < -0.3 is 19.3 Å². The summed E-state index contributed by atoms with van der Waals surface area (Å²) < 4.78 is 17.2. The fraction of sp³-hybridized carbons (Fsp3) is 0.292. The second-order valence-corrected chi connectivity index (χ2v) is 8.16. The van der Waals surface area contributed by atoms with Crippen molar-refractivity contribution in [2.45, 2.75) is 18.9 Å². The van der Waals surface area contributed by atoms with Gasteiger partial charge in [-0.2, -0.15) is 0 Å². The van der Waals surface area contributed by atoms with E-state index in [2.05, 4.69) is 46.3 Å². The maximum Gasteiger partial charge on any atom is 0.171 e. The van der Waals surface area contributed by atoms with Crippen LogP contribution in [0.3, 0.4) is 0 Å². The van der Waals surface area contributed by atoms with Crippen molar-refractivity contribution in [3.05, 3.63) is 75.2 Å². The van der Waals surface area contributed by atoms with E-state index in [0.717, 1.165) is 44.4 Å². The van der Waals surface area contributed by atoms with Crippen molar-refractivity contribution < 1.29 is 19.3 Å². The van der Waals surface area contributed by atoms with Gasteiger partial charge in [0.25, 0.3) is 0 Å². The molecule has 3 rings (SSSR count). The van der Waals surface area contributed by atoms with E-state index in [-0.39, 0.29) is 11.9 Å². The standard InChI is InChI=1S/C24H26INO4/c1-16(15-28-2)19-9-11-30-22(19)8-7-18(21-6-4-5-10-26-21)12-17-13-20(25)24(27)23(14-17)29-3/h4-6,9-10,12-14,22,27H,1,7-8,11,15H2,2-3H3/b18-12-. The molecule has 2 heterocycles. The molecular formula is C24H26INO4. The quantitative estimate of drug-likeness (QED) is 0.459. The van der Waals surface area contributed by atoms with Crippen molar-refractivity contribution >= 4 is 34.2 Å². The number of halogens is 1. The maximum absolute atomic E-state index is 10.1. The zero-order valence-electron chi connectivity index (χ0n) is 17.2. The normalized spacial score (nSPS) is 16.4. The third-order valence-electron chi connectivity index (χ3n) is 4.96. The molecule has 0 spiro atoms. The van der Waals surface area contributed by atoms with Gasteiger partial charge in [-0.05, 0) is 88.1 Å². The summed E-state index contributed by atoms with van der Waals surface area (Å²) >= 11 is 2.11. The molecular weight excluding hydrogens is 493 g/mol. The van der Waals surface area contributed by atoms with Gasteiger partial charge in [0.1, 0.15) is 0 Å². The van der Waals surface area contributed by atoms with Crippen LogP contribution in [0.2, 0.25) is 0 Å². The minimum Gasteiger partial charge on any atom is -0.504 e. The Bertz CT molecular complexity index is 953. The van der Waals surface area contributed by atoms with E-state index in [4.69, 9.17) is 14.2 Å². The molecule has 0 bridgehead atoms. The maximum atomic E-state index is 10.1. The van der Waals surface area contributed by atoms with Gasteiger partial charge in [0.15, 0.2) is 11.5 Å². The summed E-state index contributed by atoms with van der Waals surface area (Å²) in [7, 11) is 3.22. The van der Waals surface area contributed by atoms with Gasteiger partial charge in [0.2, 0.25) is 0 Å². The predicted molar refractivity (Wildman–Crippen MR) is 128 cm³/mol. The lowest BCUT2D eigenvalue weighted by Crippen LogP contribution is -2.13. The molecule has 0 saturated heterocycles. The van der Waals surface area contributed by atoms with E-state index in [9.17, 15) is 5.11 Å². The van der Waals surface area contributed by atoms with E-state index in [1.165, 1.54) is 0 Å². The molecule has 1 aromatic carbocycles. The first-order chi connectivity index (χ1) is 14.5. The minimum absolute atomic E-state index is 0.00532. The molecule has 1 atom stereocenters. The van der Waals surface area contributed by atoms with Crippen molar-refractivity contribution in [3.63, 3.8) is 0 Å². The van der Waals surface area contributed by atoms with Gasteiger partial charge in [-0.15, -0.1) is 0 Å². The summed E-state index contributed by atoms with van der Waals surface area (Å²) in [5.41, 5.74) is 5.03. The third kappa shape index (κ3) is 5.50. The van der Waals surface area contributed by atoms with Gasteiger partial charge in [-0.1, -0.05) is 18.7 Å². The fourth-order valence-electron chi connectivity index (χ4n) is 3.49. The summed E-state index contributed by atoms with van der Waals surface area (Å²) in [6.07, 6.45) is 7.55. The molecule has 6 heteroatoms. The monoisotopic (exact) mass is 519 g/mol. The first-order valence-corrected chi connectivity index (χ1v) is 10.8. The van der Waals surface area contributed by atoms with Crippen molar-refractivity contribution in [2.75, 3.05) is 27.4 Å². The summed E-state index contributed by atoms with van der Waals surface area (Å²) in [6, 6.07) is 9.65. The lowest BCUT2D eigenvalue weighted by Gasteiger charge is -2.17. The third-order valence-corrected chi connectivity index (χ3v) is 5.78.